The minimum absolute atomic E-state index is 0.255. The van der Waals surface area contributed by atoms with E-state index in [1.54, 1.807) is 39.5 Å². The Morgan fingerprint density at radius 2 is 1.71 bits per heavy atom. The fourth-order valence-electron chi connectivity index (χ4n) is 4.36. The highest BCUT2D eigenvalue weighted by Crippen LogP contribution is 2.45. The molecular formula is C27H24FN3O4. The second-order valence-electron chi connectivity index (χ2n) is 8.11. The maximum atomic E-state index is 14.8. The summed E-state index contributed by atoms with van der Waals surface area (Å²) in [5.41, 5.74) is 4.60. The number of para-hydroxylation sites is 1. The highest BCUT2D eigenvalue weighted by Gasteiger charge is 2.33. The van der Waals surface area contributed by atoms with Gasteiger partial charge in [-0.1, -0.05) is 24.3 Å². The average Bonchev–Trinajstić information content (AvgIpc) is 3.44. The second kappa shape index (κ2) is 9.13. The zero-order chi connectivity index (χ0) is 24.5. The molecule has 0 aliphatic heterocycles. The SMILES string of the molecule is COc1ccc(CNC(=O)c2nn(-c3ccccc3F)c3c2Cc2cc(OC)c(OC)cc2-3)cc1. The largest absolute Gasteiger partial charge is 0.497 e. The molecule has 0 saturated carbocycles. The normalized spacial score (nSPS) is 11.5. The molecule has 3 aromatic carbocycles. The van der Waals surface area contributed by atoms with Crippen LogP contribution in [0.1, 0.15) is 27.2 Å². The van der Waals surface area contributed by atoms with Gasteiger partial charge in [0.2, 0.25) is 0 Å². The van der Waals surface area contributed by atoms with Crippen molar-refractivity contribution in [3.05, 3.63) is 88.9 Å². The van der Waals surface area contributed by atoms with Crippen LogP contribution < -0.4 is 19.5 Å². The maximum absolute atomic E-state index is 14.8. The number of fused-ring (bicyclic) bond motifs is 3. The second-order valence-corrected chi connectivity index (χ2v) is 8.11. The van der Waals surface area contributed by atoms with Gasteiger partial charge in [-0.25, -0.2) is 9.07 Å². The minimum Gasteiger partial charge on any atom is -0.497 e. The Morgan fingerprint density at radius 1 is 1.00 bits per heavy atom. The summed E-state index contributed by atoms with van der Waals surface area (Å²) in [6.45, 7) is 0.318. The molecule has 8 heteroatoms. The number of methoxy groups -OCH3 is 3. The van der Waals surface area contributed by atoms with Crippen LogP contribution in [0, 0.1) is 5.82 Å². The van der Waals surface area contributed by atoms with E-state index < -0.39 is 5.82 Å². The van der Waals surface area contributed by atoms with Crippen molar-refractivity contribution in [2.24, 2.45) is 0 Å². The Labute approximate surface area is 202 Å². The smallest absolute Gasteiger partial charge is 0.272 e. The number of carbonyl (C=O) groups is 1. The van der Waals surface area contributed by atoms with Crippen LogP contribution >= 0.6 is 0 Å². The number of amides is 1. The van der Waals surface area contributed by atoms with Gasteiger partial charge in [0.1, 0.15) is 17.3 Å². The Morgan fingerprint density at radius 3 is 2.40 bits per heavy atom. The van der Waals surface area contributed by atoms with E-state index in [4.69, 9.17) is 14.2 Å². The molecule has 1 aromatic heterocycles. The summed E-state index contributed by atoms with van der Waals surface area (Å²) < 4.78 is 32.4. The molecule has 0 bridgehead atoms. The van der Waals surface area contributed by atoms with Gasteiger partial charge in [-0.15, -0.1) is 0 Å². The third-order valence-corrected chi connectivity index (χ3v) is 6.12. The molecule has 5 rings (SSSR count). The Balaban J connectivity index is 1.56. The Kier molecular flexibility index (Phi) is 5.86. The lowest BCUT2D eigenvalue weighted by Crippen LogP contribution is -2.24. The van der Waals surface area contributed by atoms with Crippen LogP contribution in [-0.2, 0) is 13.0 Å². The standard InChI is InChI=1S/C27H24FN3O4/c1-33-18-10-8-16(9-11-18)15-29-27(32)25-20-12-17-13-23(34-2)24(35-3)14-19(17)26(20)31(30-25)22-7-5-4-6-21(22)28/h4-11,13-14H,12,15H2,1-3H3,(H,29,32). The third-order valence-electron chi connectivity index (χ3n) is 6.12. The number of rotatable bonds is 7. The van der Waals surface area contributed by atoms with Crippen LogP contribution in [0.2, 0.25) is 0 Å². The molecule has 4 aromatic rings. The van der Waals surface area contributed by atoms with Crippen LogP contribution in [0.4, 0.5) is 4.39 Å². The van der Waals surface area contributed by atoms with Crippen molar-refractivity contribution in [2.75, 3.05) is 21.3 Å². The number of hydrogen-bond donors (Lipinski definition) is 1. The Hall–Kier alpha value is -4.33. The summed E-state index contributed by atoms with van der Waals surface area (Å²) in [6.07, 6.45) is 0.463. The summed E-state index contributed by atoms with van der Waals surface area (Å²) in [5, 5.41) is 7.51. The van der Waals surface area contributed by atoms with E-state index in [2.05, 4.69) is 10.4 Å². The molecular weight excluding hydrogens is 449 g/mol. The molecule has 35 heavy (non-hydrogen) atoms. The van der Waals surface area contributed by atoms with Gasteiger partial charge in [-0.05, 0) is 47.5 Å². The van der Waals surface area contributed by atoms with Gasteiger partial charge in [0, 0.05) is 24.1 Å². The van der Waals surface area contributed by atoms with E-state index in [0.29, 0.717) is 30.2 Å². The van der Waals surface area contributed by atoms with Gasteiger partial charge >= 0.3 is 0 Å². The summed E-state index contributed by atoms with van der Waals surface area (Å²) >= 11 is 0. The first-order valence-corrected chi connectivity index (χ1v) is 11.1. The van der Waals surface area contributed by atoms with Crippen LogP contribution in [0.15, 0.2) is 60.7 Å². The first-order chi connectivity index (χ1) is 17.0. The maximum Gasteiger partial charge on any atom is 0.272 e. The molecule has 178 valence electrons. The Bertz CT molecular complexity index is 1410. The zero-order valence-electron chi connectivity index (χ0n) is 19.6. The van der Waals surface area contributed by atoms with Crippen molar-refractivity contribution in [1.82, 2.24) is 15.1 Å². The molecule has 1 aliphatic carbocycles. The molecule has 0 atom stereocenters. The van der Waals surface area contributed by atoms with E-state index in [9.17, 15) is 9.18 Å². The van der Waals surface area contributed by atoms with Gasteiger partial charge in [0.05, 0.1) is 27.0 Å². The molecule has 1 heterocycles. The highest BCUT2D eigenvalue weighted by molar-refractivity contribution is 5.97. The number of nitrogens with one attached hydrogen (secondary N) is 1. The van der Waals surface area contributed by atoms with Crippen molar-refractivity contribution < 1.29 is 23.4 Å². The van der Waals surface area contributed by atoms with E-state index >= 15 is 0 Å². The molecule has 0 spiro atoms. The zero-order valence-corrected chi connectivity index (χ0v) is 19.6. The summed E-state index contributed by atoms with van der Waals surface area (Å²) in [6, 6.07) is 17.5. The topological polar surface area (TPSA) is 74.6 Å². The minimum atomic E-state index is -0.433. The molecule has 1 amide bonds. The average molecular weight is 474 g/mol. The van der Waals surface area contributed by atoms with Gasteiger partial charge in [0.15, 0.2) is 17.2 Å². The predicted molar refractivity (Wildman–Crippen MR) is 129 cm³/mol. The van der Waals surface area contributed by atoms with Crippen LogP contribution in [0.5, 0.6) is 17.2 Å². The molecule has 1 aliphatic rings. The predicted octanol–water partition coefficient (Wildman–Crippen LogP) is 4.54. The van der Waals surface area contributed by atoms with Crippen molar-refractivity contribution in [2.45, 2.75) is 13.0 Å². The van der Waals surface area contributed by atoms with Crippen LogP contribution in [0.3, 0.4) is 0 Å². The van der Waals surface area contributed by atoms with Crippen molar-refractivity contribution in [3.63, 3.8) is 0 Å². The van der Waals surface area contributed by atoms with E-state index in [-0.39, 0.29) is 17.3 Å². The molecule has 0 unspecified atom stereocenters. The number of carbonyl (C=O) groups excluding carboxylic acids is 1. The fraction of sp³-hybridized carbons (Fsp3) is 0.185. The first-order valence-electron chi connectivity index (χ1n) is 11.1. The number of ether oxygens (including phenoxy) is 3. The van der Waals surface area contributed by atoms with Crippen LogP contribution in [-0.4, -0.2) is 37.0 Å². The molecule has 0 fully saturated rings. The number of hydrogen-bond acceptors (Lipinski definition) is 5. The lowest BCUT2D eigenvalue weighted by Gasteiger charge is -2.12. The number of aromatic nitrogens is 2. The number of benzene rings is 3. The summed E-state index contributed by atoms with van der Waals surface area (Å²) in [4.78, 5) is 13.3. The van der Waals surface area contributed by atoms with Gasteiger partial charge in [-0.2, -0.15) is 5.10 Å². The van der Waals surface area contributed by atoms with Gasteiger partial charge < -0.3 is 19.5 Å². The van der Waals surface area contributed by atoms with Crippen molar-refractivity contribution in [3.8, 4) is 34.2 Å². The molecule has 1 N–H and O–H groups in total. The monoisotopic (exact) mass is 473 g/mol. The number of halogens is 1. The first kappa shape index (κ1) is 22.5. The fourth-order valence-corrected chi connectivity index (χ4v) is 4.36. The van der Waals surface area contributed by atoms with Crippen LogP contribution in [0.25, 0.3) is 16.9 Å². The van der Waals surface area contributed by atoms with Gasteiger partial charge in [-0.3, -0.25) is 4.79 Å². The number of nitrogens with zero attached hydrogens (tertiary/aromatic N) is 2. The summed E-state index contributed by atoms with van der Waals surface area (Å²) in [7, 11) is 4.74. The third kappa shape index (κ3) is 3.97. The van der Waals surface area contributed by atoms with Gasteiger partial charge in [0.25, 0.3) is 5.91 Å². The van der Waals surface area contributed by atoms with E-state index in [1.165, 1.54) is 10.7 Å². The molecule has 0 radical (unpaired) electrons. The van der Waals surface area contributed by atoms with Crippen molar-refractivity contribution in [1.29, 1.82) is 0 Å². The van der Waals surface area contributed by atoms with Crippen molar-refractivity contribution >= 4 is 5.91 Å². The lowest BCUT2D eigenvalue weighted by molar-refractivity contribution is 0.0944. The van der Waals surface area contributed by atoms with E-state index in [0.717, 1.165) is 28.0 Å². The highest BCUT2D eigenvalue weighted by atomic mass is 19.1. The summed E-state index contributed by atoms with van der Waals surface area (Å²) in [5.74, 6) is 1.11. The lowest BCUT2D eigenvalue weighted by atomic mass is 10.1. The quantitative estimate of drug-likeness (QED) is 0.376. The molecule has 7 nitrogen and oxygen atoms in total. The van der Waals surface area contributed by atoms with E-state index in [1.807, 2.05) is 36.4 Å². The molecule has 0 saturated heterocycles.